The van der Waals surface area contributed by atoms with Gasteiger partial charge in [0.15, 0.2) is 0 Å². The first-order valence-electron chi connectivity index (χ1n) is 11.7. The molecule has 2 N–H and O–H groups in total. The SMILES string of the molecule is OCc1ccc2c(ccc3ccc4cc(Br)c5ccc6ccc7cc(CO)ccc7c6c5c4c32)c1. The summed E-state index contributed by atoms with van der Waals surface area (Å²) in [5, 5.41) is 33.7. The van der Waals surface area contributed by atoms with Crippen molar-refractivity contribution in [2.75, 3.05) is 0 Å². The summed E-state index contributed by atoms with van der Waals surface area (Å²) >= 11 is 3.86. The van der Waals surface area contributed by atoms with Crippen molar-refractivity contribution >= 4 is 80.6 Å². The van der Waals surface area contributed by atoms with E-state index in [1.807, 2.05) is 12.1 Å². The summed E-state index contributed by atoms with van der Waals surface area (Å²) in [6.45, 7) is 0.0658. The molecule has 0 aliphatic rings. The molecule has 0 saturated heterocycles. The molecule has 168 valence electrons. The van der Waals surface area contributed by atoms with Gasteiger partial charge >= 0.3 is 0 Å². The number of rotatable bonds is 2. The van der Waals surface area contributed by atoms with Crippen molar-refractivity contribution in [3.8, 4) is 0 Å². The second-order valence-corrected chi connectivity index (χ2v) is 10.1. The van der Waals surface area contributed by atoms with E-state index in [2.05, 4.69) is 94.8 Å². The lowest BCUT2D eigenvalue weighted by atomic mass is 9.88. The third-order valence-electron chi connectivity index (χ3n) is 7.32. The van der Waals surface area contributed by atoms with Crippen LogP contribution in [0, 0.1) is 0 Å². The lowest BCUT2D eigenvalue weighted by molar-refractivity contribution is 0.282. The number of aliphatic hydroxyl groups excluding tert-OH is 2. The Balaban J connectivity index is 1.80. The molecule has 0 aliphatic heterocycles. The first-order chi connectivity index (χ1) is 17.2. The van der Waals surface area contributed by atoms with Crippen molar-refractivity contribution in [2.24, 2.45) is 0 Å². The molecule has 0 aliphatic carbocycles. The fourth-order valence-electron chi connectivity index (χ4n) is 5.69. The zero-order chi connectivity index (χ0) is 23.7. The predicted octanol–water partition coefficient (Wildman–Crippen LogP) is 8.35. The minimum atomic E-state index is 0.0322. The molecule has 0 bridgehead atoms. The lowest BCUT2D eigenvalue weighted by Gasteiger charge is -2.16. The van der Waals surface area contributed by atoms with Gasteiger partial charge in [0.05, 0.1) is 13.2 Å². The molecule has 7 rings (SSSR count). The van der Waals surface area contributed by atoms with E-state index in [9.17, 15) is 10.2 Å². The average Bonchev–Trinajstić information content (AvgIpc) is 2.91. The minimum Gasteiger partial charge on any atom is -0.392 e. The summed E-state index contributed by atoms with van der Waals surface area (Å²) < 4.78 is 1.08. The van der Waals surface area contributed by atoms with Gasteiger partial charge in [-0.05, 0) is 94.0 Å². The molecule has 0 fully saturated rings. The lowest BCUT2D eigenvalue weighted by Crippen LogP contribution is -1.89. The Morgan fingerprint density at radius 2 is 0.886 bits per heavy atom. The Hall–Kier alpha value is -3.50. The van der Waals surface area contributed by atoms with Crippen LogP contribution in [-0.4, -0.2) is 10.2 Å². The van der Waals surface area contributed by atoms with E-state index in [1.54, 1.807) is 0 Å². The van der Waals surface area contributed by atoms with E-state index < -0.39 is 0 Å². The van der Waals surface area contributed by atoms with Gasteiger partial charge in [-0.1, -0.05) is 88.7 Å². The third-order valence-corrected chi connectivity index (χ3v) is 7.97. The molecule has 2 nitrogen and oxygen atoms in total. The standard InChI is InChI=1S/C32H21BrO2/c33-28-15-24-8-5-20-3-6-22-13-18(16-34)1-10-25(22)29(20)31(24)32-27(28)12-9-21-4-7-23-14-19(17-35)2-11-26(23)30(21)32/h1-15,34-35H,16-17H2. The summed E-state index contributed by atoms with van der Waals surface area (Å²) in [7, 11) is 0. The predicted molar refractivity (Wildman–Crippen MR) is 151 cm³/mol. The van der Waals surface area contributed by atoms with Crippen LogP contribution < -0.4 is 0 Å². The van der Waals surface area contributed by atoms with Crippen molar-refractivity contribution < 1.29 is 10.2 Å². The smallest absolute Gasteiger partial charge is 0.0682 e. The van der Waals surface area contributed by atoms with E-state index in [-0.39, 0.29) is 13.2 Å². The number of fused-ring (bicyclic) bond motifs is 11. The monoisotopic (exact) mass is 516 g/mol. The molecule has 7 aromatic carbocycles. The molecular formula is C32H21BrO2. The molecule has 0 heterocycles. The molecule has 0 radical (unpaired) electrons. The van der Waals surface area contributed by atoms with Crippen LogP contribution in [0.2, 0.25) is 0 Å². The van der Waals surface area contributed by atoms with Crippen molar-refractivity contribution in [1.29, 1.82) is 0 Å². The van der Waals surface area contributed by atoms with Gasteiger partial charge in [0.1, 0.15) is 0 Å². The van der Waals surface area contributed by atoms with E-state index in [1.165, 1.54) is 53.9 Å². The Morgan fingerprint density at radius 1 is 0.429 bits per heavy atom. The summed E-state index contributed by atoms with van der Waals surface area (Å²) in [5.41, 5.74) is 1.83. The zero-order valence-electron chi connectivity index (χ0n) is 18.8. The minimum absolute atomic E-state index is 0.0322. The van der Waals surface area contributed by atoms with Gasteiger partial charge in [-0.3, -0.25) is 0 Å². The average molecular weight is 517 g/mol. The number of hydrogen-bond donors (Lipinski definition) is 2. The van der Waals surface area contributed by atoms with E-state index >= 15 is 0 Å². The highest BCUT2D eigenvalue weighted by Crippen LogP contribution is 2.44. The topological polar surface area (TPSA) is 40.5 Å². The summed E-state index contributed by atoms with van der Waals surface area (Å²) in [6, 6.07) is 32.2. The zero-order valence-corrected chi connectivity index (χ0v) is 20.4. The van der Waals surface area contributed by atoms with Crippen molar-refractivity contribution in [1.82, 2.24) is 0 Å². The van der Waals surface area contributed by atoms with Gasteiger partial charge in [-0.2, -0.15) is 0 Å². The Kier molecular flexibility index (Phi) is 4.62. The molecule has 7 aromatic rings. The number of benzene rings is 7. The number of hydrogen-bond acceptors (Lipinski definition) is 2. The highest BCUT2D eigenvalue weighted by atomic mass is 79.9. The van der Waals surface area contributed by atoms with Gasteiger partial charge in [0, 0.05) is 4.47 Å². The number of aliphatic hydroxyl groups is 2. The van der Waals surface area contributed by atoms with Crippen molar-refractivity contribution in [2.45, 2.75) is 13.2 Å². The molecular weight excluding hydrogens is 496 g/mol. The van der Waals surface area contributed by atoms with Gasteiger partial charge in [0.2, 0.25) is 0 Å². The molecule has 0 amide bonds. The van der Waals surface area contributed by atoms with E-state index in [0.717, 1.165) is 26.4 Å². The Labute approximate surface area is 210 Å². The highest BCUT2D eigenvalue weighted by Gasteiger charge is 2.15. The van der Waals surface area contributed by atoms with Crippen LogP contribution in [-0.2, 0) is 13.2 Å². The fraction of sp³-hybridized carbons (Fsp3) is 0.0625. The molecule has 0 atom stereocenters. The second kappa shape index (κ2) is 7.76. The van der Waals surface area contributed by atoms with Crippen LogP contribution in [0.3, 0.4) is 0 Å². The summed E-state index contributed by atoms with van der Waals surface area (Å²) in [6.07, 6.45) is 0. The molecule has 3 heteroatoms. The van der Waals surface area contributed by atoms with Crippen LogP contribution >= 0.6 is 15.9 Å². The van der Waals surface area contributed by atoms with Gasteiger partial charge in [-0.25, -0.2) is 0 Å². The van der Waals surface area contributed by atoms with Crippen LogP contribution in [0.1, 0.15) is 11.1 Å². The maximum Gasteiger partial charge on any atom is 0.0682 e. The molecule has 0 unspecified atom stereocenters. The largest absolute Gasteiger partial charge is 0.392 e. The maximum absolute atomic E-state index is 9.69. The van der Waals surface area contributed by atoms with Crippen LogP contribution in [0.15, 0.2) is 95.5 Å². The van der Waals surface area contributed by atoms with Crippen LogP contribution in [0.25, 0.3) is 64.6 Å². The molecule has 0 aromatic heterocycles. The molecule has 0 spiro atoms. The molecule has 35 heavy (non-hydrogen) atoms. The van der Waals surface area contributed by atoms with Gasteiger partial charge < -0.3 is 10.2 Å². The van der Waals surface area contributed by atoms with Crippen molar-refractivity contribution in [3.05, 3.63) is 107 Å². The summed E-state index contributed by atoms with van der Waals surface area (Å²) in [5.74, 6) is 0. The van der Waals surface area contributed by atoms with Gasteiger partial charge in [0.25, 0.3) is 0 Å². The first-order valence-corrected chi connectivity index (χ1v) is 12.5. The van der Waals surface area contributed by atoms with Gasteiger partial charge in [-0.15, -0.1) is 0 Å². The van der Waals surface area contributed by atoms with Crippen molar-refractivity contribution in [3.63, 3.8) is 0 Å². The molecule has 0 saturated carbocycles. The van der Waals surface area contributed by atoms with E-state index in [4.69, 9.17) is 0 Å². The quantitative estimate of drug-likeness (QED) is 0.226. The summed E-state index contributed by atoms with van der Waals surface area (Å²) in [4.78, 5) is 0. The van der Waals surface area contributed by atoms with E-state index in [0.29, 0.717) is 0 Å². The maximum atomic E-state index is 9.69. The first kappa shape index (κ1) is 20.8. The Bertz CT molecular complexity index is 1990. The van der Waals surface area contributed by atoms with Crippen LogP contribution in [0.4, 0.5) is 0 Å². The second-order valence-electron chi connectivity index (χ2n) is 9.26. The Morgan fingerprint density at radius 3 is 1.46 bits per heavy atom. The number of halogens is 1. The third kappa shape index (κ3) is 3.02. The van der Waals surface area contributed by atoms with Crippen LogP contribution in [0.5, 0.6) is 0 Å². The normalized spacial score (nSPS) is 12.1. The fourth-order valence-corrected chi connectivity index (χ4v) is 6.26. The highest BCUT2D eigenvalue weighted by molar-refractivity contribution is 9.10.